The van der Waals surface area contributed by atoms with Crippen LogP contribution in [0.15, 0.2) is 0 Å². The highest BCUT2D eigenvalue weighted by molar-refractivity contribution is 4.91. The van der Waals surface area contributed by atoms with Crippen molar-refractivity contribution in [2.45, 2.75) is 44.3 Å². The maximum Gasteiger partial charge on any atom is 0.0915 e. The standard InChI is InChI=1S/C11H20O3/c1-11(5-2-3-6-14-11)10(12)9-4-7-13-8-9/h9-10,12H,2-8H2,1H3. The van der Waals surface area contributed by atoms with Gasteiger partial charge < -0.3 is 14.6 Å². The fourth-order valence-electron chi connectivity index (χ4n) is 2.49. The normalized spacial score (nSPS) is 41.1. The summed E-state index contributed by atoms with van der Waals surface area (Å²) in [4.78, 5) is 0. The van der Waals surface area contributed by atoms with E-state index in [-0.39, 0.29) is 17.6 Å². The van der Waals surface area contributed by atoms with Crippen LogP contribution in [0.4, 0.5) is 0 Å². The van der Waals surface area contributed by atoms with E-state index in [4.69, 9.17) is 9.47 Å². The molecule has 2 rings (SSSR count). The van der Waals surface area contributed by atoms with E-state index >= 15 is 0 Å². The molecular weight excluding hydrogens is 180 g/mol. The quantitative estimate of drug-likeness (QED) is 0.731. The molecule has 0 aliphatic carbocycles. The molecule has 2 fully saturated rings. The Morgan fingerprint density at radius 2 is 2.21 bits per heavy atom. The van der Waals surface area contributed by atoms with Gasteiger partial charge in [0.25, 0.3) is 0 Å². The van der Waals surface area contributed by atoms with Gasteiger partial charge in [0.15, 0.2) is 0 Å². The molecule has 0 aromatic heterocycles. The lowest BCUT2D eigenvalue weighted by molar-refractivity contribution is -0.153. The van der Waals surface area contributed by atoms with Crippen LogP contribution in [0.1, 0.15) is 32.6 Å². The van der Waals surface area contributed by atoms with Crippen LogP contribution in [0.3, 0.4) is 0 Å². The van der Waals surface area contributed by atoms with E-state index in [0.717, 1.165) is 32.5 Å². The van der Waals surface area contributed by atoms with Gasteiger partial charge in [0.1, 0.15) is 0 Å². The lowest BCUT2D eigenvalue weighted by Crippen LogP contribution is -2.48. The molecular formula is C11H20O3. The van der Waals surface area contributed by atoms with Gasteiger partial charge in [0.05, 0.1) is 18.3 Å². The van der Waals surface area contributed by atoms with Crippen molar-refractivity contribution in [3.05, 3.63) is 0 Å². The molecule has 0 radical (unpaired) electrons. The van der Waals surface area contributed by atoms with Gasteiger partial charge in [-0.3, -0.25) is 0 Å². The fraction of sp³-hybridized carbons (Fsp3) is 1.00. The monoisotopic (exact) mass is 200 g/mol. The molecule has 82 valence electrons. The van der Waals surface area contributed by atoms with Crippen molar-refractivity contribution in [1.29, 1.82) is 0 Å². The molecule has 0 bridgehead atoms. The lowest BCUT2D eigenvalue weighted by atomic mass is 9.83. The third kappa shape index (κ3) is 1.95. The summed E-state index contributed by atoms with van der Waals surface area (Å²) < 4.78 is 11.0. The summed E-state index contributed by atoms with van der Waals surface area (Å²) in [5.74, 6) is 0.276. The molecule has 3 atom stereocenters. The second-order valence-corrected chi connectivity index (χ2v) is 4.69. The first kappa shape index (κ1) is 10.4. The topological polar surface area (TPSA) is 38.7 Å². The summed E-state index contributed by atoms with van der Waals surface area (Å²) in [6, 6.07) is 0. The highest BCUT2D eigenvalue weighted by Gasteiger charge is 2.41. The molecule has 1 N–H and O–H groups in total. The first-order valence-corrected chi connectivity index (χ1v) is 5.62. The summed E-state index contributed by atoms with van der Waals surface area (Å²) in [7, 11) is 0. The number of aliphatic hydroxyl groups is 1. The fourth-order valence-corrected chi connectivity index (χ4v) is 2.49. The maximum atomic E-state index is 10.2. The van der Waals surface area contributed by atoms with Crippen LogP contribution in [0.25, 0.3) is 0 Å². The minimum atomic E-state index is -0.356. The van der Waals surface area contributed by atoms with Crippen molar-refractivity contribution in [2.75, 3.05) is 19.8 Å². The number of rotatable bonds is 2. The predicted molar refractivity (Wildman–Crippen MR) is 53.1 cm³/mol. The average Bonchev–Trinajstić information content (AvgIpc) is 2.70. The van der Waals surface area contributed by atoms with E-state index in [0.29, 0.717) is 6.61 Å². The van der Waals surface area contributed by atoms with Gasteiger partial charge in [0, 0.05) is 19.1 Å². The van der Waals surface area contributed by atoms with Crippen LogP contribution in [0, 0.1) is 5.92 Å². The second kappa shape index (κ2) is 4.17. The second-order valence-electron chi connectivity index (χ2n) is 4.69. The largest absolute Gasteiger partial charge is 0.390 e. The van der Waals surface area contributed by atoms with Gasteiger partial charge >= 0.3 is 0 Å². The number of ether oxygens (including phenoxy) is 2. The van der Waals surface area contributed by atoms with Crippen molar-refractivity contribution >= 4 is 0 Å². The Bertz CT molecular complexity index is 181. The first-order chi connectivity index (χ1) is 6.72. The molecule has 0 saturated carbocycles. The van der Waals surface area contributed by atoms with Gasteiger partial charge in [-0.25, -0.2) is 0 Å². The molecule has 14 heavy (non-hydrogen) atoms. The average molecular weight is 200 g/mol. The Labute approximate surface area is 85.4 Å². The summed E-state index contributed by atoms with van der Waals surface area (Å²) in [5, 5.41) is 10.2. The molecule has 2 saturated heterocycles. The van der Waals surface area contributed by atoms with Crippen LogP contribution in [0.2, 0.25) is 0 Å². The highest BCUT2D eigenvalue weighted by atomic mass is 16.5. The predicted octanol–water partition coefficient (Wildman–Crippen LogP) is 1.34. The minimum Gasteiger partial charge on any atom is -0.390 e. The SMILES string of the molecule is CC1(C(O)C2CCOC2)CCCCO1. The Morgan fingerprint density at radius 3 is 2.79 bits per heavy atom. The molecule has 0 spiro atoms. The van der Waals surface area contributed by atoms with Crippen molar-refractivity contribution in [2.24, 2.45) is 5.92 Å². The third-order valence-corrected chi connectivity index (χ3v) is 3.54. The van der Waals surface area contributed by atoms with Crippen LogP contribution in [-0.4, -0.2) is 36.6 Å². The zero-order valence-corrected chi connectivity index (χ0v) is 8.87. The minimum absolute atomic E-state index is 0.276. The van der Waals surface area contributed by atoms with Crippen LogP contribution < -0.4 is 0 Å². The Hall–Kier alpha value is -0.120. The van der Waals surface area contributed by atoms with Crippen LogP contribution >= 0.6 is 0 Å². The summed E-state index contributed by atoms with van der Waals surface area (Å²) in [6.45, 7) is 4.31. The number of hydrogen-bond acceptors (Lipinski definition) is 3. The van der Waals surface area contributed by atoms with Crippen LogP contribution in [-0.2, 0) is 9.47 Å². The van der Waals surface area contributed by atoms with E-state index in [1.165, 1.54) is 6.42 Å². The zero-order chi connectivity index (χ0) is 10.0. The number of aliphatic hydroxyl groups excluding tert-OH is 1. The van der Waals surface area contributed by atoms with E-state index in [9.17, 15) is 5.11 Å². The van der Waals surface area contributed by atoms with E-state index in [2.05, 4.69) is 0 Å². The summed E-state index contributed by atoms with van der Waals surface area (Å²) >= 11 is 0. The molecule has 2 aliphatic rings. The van der Waals surface area contributed by atoms with Crippen molar-refractivity contribution < 1.29 is 14.6 Å². The Morgan fingerprint density at radius 1 is 1.36 bits per heavy atom. The smallest absolute Gasteiger partial charge is 0.0915 e. The van der Waals surface area contributed by atoms with Gasteiger partial charge in [-0.2, -0.15) is 0 Å². The highest BCUT2D eigenvalue weighted by Crippen LogP contribution is 2.33. The van der Waals surface area contributed by atoms with Gasteiger partial charge in [-0.05, 0) is 32.6 Å². The first-order valence-electron chi connectivity index (χ1n) is 5.62. The molecule has 0 aromatic rings. The van der Waals surface area contributed by atoms with Crippen molar-refractivity contribution in [1.82, 2.24) is 0 Å². The van der Waals surface area contributed by atoms with Gasteiger partial charge in [-0.15, -0.1) is 0 Å². The van der Waals surface area contributed by atoms with Gasteiger partial charge in [-0.1, -0.05) is 0 Å². The van der Waals surface area contributed by atoms with Crippen molar-refractivity contribution in [3.63, 3.8) is 0 Å². The van der Waals surface area contributed by atoms with E-state index < -0.39 is 0 Å². The lowest BCUT2D eigenvalue weighted by Gasteiger charge is -2.40. The Balaban J connectivity index is 1.96. The molecule has 3 unspecified atom stereocenters. The number of hydrogen-bond donors (Lipinski definition) is 1. The van der Waals surface area contributed by atoms with E-state index in [1.54, 1.807) is 0 Å². The van der Waals surface area contributed by atoms with Crippen molar-refractivity contribution in [3.8, 4) is 0 Å². The molecule has 3 heteroatoms. The Kier molecular flexibility index (Phi) is 3.10. The van der Waals surface area contributed by atoms with E-state index in [1.807, 2.05) is 6.92 Å². The molecule has 2 aliphatic heterocycles. The third-order valence-electron chi connectivity index (χ3n) is 3.54. The molecule has 2 heterocycles. The molecule has 0 amide bonds. The zero-order valence-electron chi connectivity index (χ0n) is 8.87. The maximum absolute atomic E-state index is 10.2. The van der Waals surface area contributed by atoms with Gasteiger partial charge in [0.2, 0.25) is 0 Å². The summed E-state index contributed by atoms with van der Waals surface area (Å²) in [5.41, 5.74) is -0.323. The summed E-state index contributed by atoms with van der Waals surface area (Å²) in [6.07, 6.45) is 3.89. The molecule has 0 aromatic carbocycles. The van der Waals surface area contributed by atoms with Crippen LogP contribution in [0.5, 0.6) is 0 Å². The molecule has 3 nitrogen and oxygen atoms in total.